The molecule has 0 heterocycles. The summed E-state index contributed by atoms with van der Waals surface area (Å²) in [5.74, 6) is 11.8. The van der Waals surface area contributed by atoms with Crippen LogP contribution < -0.4 is 0 Å². The molecule has 0 nitrogen and oxygen atoms in total. The summed E-state index contributed by atoms with van der Waals surface area (Å²) < 4.78 is 0. The Bertz CT molecular complexity index is 484. The van der Waals surface area contributed by atoms with E-state index < -0.39 is 0 Å². The minimum Gasteiger partial charge on any atom is -0.120 e. The van der Waals surface area contributed by atoms with E-state index in [-0.39, 0.29) is 21.7 Å². The van der Waals surface area contributed by atoms with E-state index in [2.05, 4.69) is 23.7 Å². The van der Waals surface area contributed by atoms with Crippen molar-refractivity contribution in [3.8, 4) is 49.4 Å². The second-order valence-corrected chi connectivity index (χ2v) is 8.58. The molecule has 0 spiro atoms. The van der Waals surface area contributed by atoms with Gasteiger partial charge in [-0.3, -0.25) is 0 Å². The summed E-state index contributed by atoms with van der Waals surface area (Å²) in [6, 6.07) is 0. The minimum atomic E-state index is 0.216. The van der Waals surface area contributed by atoms with E-state index in [1.165, 1.54) is 38.5 Å². The van der Waals surface area contributed by atoms with Gasteiger partial charge in [-0.15, -0.1) is 49.4 Å². The lowest BCUT2D eigenvalue weighted by Crippen LogP contribution is -2.60. The van der Waals surface area contributed by atoms with E-state index in [1.807, 2.05) is 0 Å². The summed E-state index contributed by atoms with van der Waals surface area (Å²) in [6.45, 7) is 0. The lowest BCUT2D eigenvalue weighted by atomic mass is 9.34. The van der Waals surface area contributed by atoms with Gasteiger partial charge in [-0.2, -0.15) is 0 Å². The molecule has 0 heteroatoms. The standard InChI is InChI=1S/C22H24/c1-5-9-19-13-20(10-6-2)16-21(14-19,11-7-3)18-22(15-19,17-20)12-8-4/h1-4H,9-18H2. The van der Waals surface area contributed by atoms with Gasteiger partial charge in [0.15, 0.2) is 0 Å². The van der Waals surface area contributed by atoms with Crippen molar-refractivity contribution in [2.75, 3.05) is 0 Å². The molecule has 0 atom stereocenters. The third kappa shape index (κ3) is 2.15. The summed E-state index contributed by atoms with van der Waals surface area (Å²) >= 11 is 0. The Morgan fingerprint density at radius 1 is 0.455 bits per heavy atom. The molecule has 112 valence electrons. The molecule has 0 N–H and O–H groups in total. The molecule has 0 saturated heterocycles. The topological polar surface area (TPSA) is 0 Å². The van der Waals surface area contributed by atoms with Crippen LogP contribution in [0.3, 0.4) is 0 Å². The van der Waals surface area contributed by atoms with E-state index in [1.54, 1.807) is 0 Å². The molecule has 4 fully saturated rings. The predicted octanol–water partition coefficient (Wildman–Crippen LogP) is 4.41. The molecule has 0 unspecified atom stereocenters. The fourth-order valence-corrected chi connectivity index (χ4v) is 7.14. The van der Waals surface area contributed by atoms with Crippen molar-refractivity contribution in [3.05, 3.63) is 0 Å². The third-order valence-corrected chi connectivity index (χ3v) is 6.41. The third-order valence-electron chi connectivity index (χ3n) is 6.41. The second kappa shape index (κ2) is 4.87. The van der Waals surface area contributed by atoms with Gasteiger partial charge in [0.25, 0.3) is 0 Å². The molecule has 22 heavy (non-hydrogen) atoms. The monoisotopic (exact) mass is 288 g/mol. The lowest BCUT2D eigenvalue weighted by Gasteiger charge is -2.70. The van der Waals surface area contributed by atoms with Gasteiger partial charge >= 0.3 is 0 Å². The van der Waals surface area contributed by atoms with Gasteiger partial charge in [0.05, 0.1) is 0 Å². The Morgan fingerprint density at radius 3 is 0.773 bits per heavy atom. The maximum Gasteiger partial charge on any atom is 0.0143 e. The Kier molecular flexibility index (Phi) is 3.36. The van der Waals surface area contributed by atoms with Crippen LogP contribution >= 0.6 is 0 Å². The van der Waals surface area contributed by atoms with Crippen LogP contribution in [-0.2, 0) is 0 Å². The van der Waals surface area contributed by atoms with E-state index in [9.17, 15) is 0 Å². The van der Waals surface area contributed by atoms with Gasteiger partial charge in [-0.25, -0.2) is 0 Å². The number of rotatable bonds is 4. The average molecular weight is 288 g/mol. The van der Waals surface area contributed by atoms with Crippen molar-refractivity contribution in [1.82, 2.24) is 0 Å². The Labute approximate surface area is 135 Å². The normalized spacial score (nSPS) is 44.5. The zero-order chi connectivity index (χ0) is 15.9. The number of terminal acetylenes is 4. The predicted molar refractivity (Wildman–Crippen MR) is 91.2 cm³/mol. The molecule has 0 aromatic rings. The van der Waals surface area contributed by atoms with Crippen molar-refractivity contribution < 1.29 is 0 Å². The lowest BCUT2D eigenvalue weighted by molar-refractivity contribution is -0.195. The number of hydrogen-bond acceptors (Lipinski definition) is 0. The summed E-state index contributed by atoms with van der Waals surface area (Å²) in [6.07, 6.45) is 33.3. The Balaban J connectivity index is 2.09. The van der Waals surface area contributed by atoms with Crippen LogP contribution in [0, 0.1) is 71.0 Å². The zero-order valence-corrected chi connectivity index (χ0v) is 13.4. The molecule has 4 bridgehead atoms. The maximum atomic E-state index is 5.73. The van der Waals surface area contributed by atoms with Crippen molar-refractivity contribution in [2.45, 2.75) is 64.2 Å². The van der Waals surface area contributed by atoms with E-state index in [0.717, 1.165) is 25.7 Å². The SMILES string of the molecule is C#CCC12CC3(CC#C)CC(CC#C)(C1)CC(CC#C)(C2)C3. The van der Waals surface area contributed by atoms with Crippen LogP contribution in [0.15, 0.2) is 0 Å². The smallest absolute Gasteiger partial charge is 0.0143 e. The molecule has 0 amide bonds. The van der Waals surface area contributed by atoms with Crippen LogP contribution in [0.2, 0.25) is 0 Å². The zero-order valence-electron chi connectivity index (χ0n) is 13.4. The first-order chi connectivity index (χ1) is 10.5. The molecule has 4 saturated carbocycles. The summed E-state index contributed by atoms with van der Waals surface area (Å²) in [7, 11) is 0. The van der Waals surface area contributed by atoms with Gasteiger partial charge < -0.3 is 0 Å². The number of hydrogen-bond donors (Lipinski definition) is 0. The summed E-state index contributed by atoms with van der Waals surface area (Å²) in [5.41, 5.74) is 0.865. The molecule has 4 aliphatic rings. The highest BCUT2D eigenvalue weighted by molar-refractivity contribution is 5.23. The van der Waals surface area contributed by atoms with Crippen LogP contribution in [-0.4, -0.2) is 0 Å². The first-order valence-corrected chi connectivity index (χ1v) is 8.23. The van der Waals surface area contributed by atoms with Crippen molar-refractivity contribution >= 4 is 0 Å². The highest BCUT2D eigenvalue weighted by Crippen LogP contribution is 2.76. The Hall–Kier alpha value is -1.76. The molecule has 0 aliphatic heterocycles. The average Bonchev–Trinajstić information content (AvgIpc) is 2.36. The van der Waals surface area contributed by atoms with E-state index in [0.29, 0.717) is 0 Å². The first kappa shape index (κ1) is 15.1. The molecule has 4 rings (SSSR count). The second-order valence-electron chi connectivity index (χ2n) is 8.58. The van der Waals surface area contributed by atoms with Crippen LogP contribution in [0.4, 0.5) is 0 Å². The molecule has 0 radical (unpaired) electrons. The Morgan fingerprint density at radius 2 is 0.636 bits per heavy atom. The van der Waals surface area contributed by atoms with Crippen molar-refractivity contribution in [2.24, 2.45) is 21.7 Å². The maximum absolute atomic E-state index is 5.73. The summed E-state index contributed by atoms with van der Waals surface area (Å²) in [4.78, 5) is 0. The van der Waals surface area contributed by atoms with Gasteiger partial charge in [-0.1, -0.05) is 0 Å². The van der Waals surface area contributed by atoms with Crippen LogP contribution in [0.25, 0.3) is 0 Å². The molecular formula is C22H24. The van der Waals surface area contributed by atoms with Crippen LogP contribution in [0.1, 0.15) is 64.2 Å². The van der Waals surface area contributed by atoms with Gasteiger partial charge in [-0.05, 0) is 60.2 Å². The van der Waals surface area contributed by atoms with Gasteiger partial charge in [0.1, 0.15) is 0 Å². The molecule has 0 aromatic carbocycles. The van der Waals surface area contributed by atoms with Gasteiger partial charge in [0, 0.05) is 25.7 Å². The minimum absolute atomic E-state index is 0.216. The first-order valence-electron chi connectivity index (χ1n) is 8.23. The largest absolute Gasteiger partial charge is 0.120 e. The van der Waals surface area contributed by atoms with Crippen LogP contribution in [0.5, 0.6) is 0 Å². The fourth-order valence-electron chi connectivity index (χ4n) is 7.14. The van der Waals surface area contributed by atoms with Gasteiger partial charge in [0.2, 0.25) is 0 Å². The quantitative estimate of drug-likeness (QED) is 0.672. The van der Waals surface area contributed by atoms with E-state index >= 15 is 0 Å². The fraction of sp³-hybridized carbons (Fsp3) is 0.636. The molecular weight excluding hydrogens is 264 g/mol. The molecule has 4 aliphatic carbocycles. The highest BCUT2D eigenvalue weighted by atomic mass is 14.7. The van der Waals surface area contributed by atoms with Crippen molar-refractivity contribution in [1.29, 1.82) is 0 Å². The summed E-state index contributed by atoms with van der Waals surface area (Å²) in [5, 5.41) is 0. The van der Waals surface area contributed by atoms with Crippen molar-refractivity contribution in [3.63, 3.8) is 0 Å². The highest BCUT2D eigenvalue weighted by Gasteiger charge is 2.66. The van der Waals surface area contributed by atoms with E-state index in [4.69, 9.17) is 25.7 Å². The molecule has 0 aromatic heterocycles.